The lowest BCUT2D eigenvalue weighted by atomic mass is 9.92. The number of benzene rings is 1. The van der Waals surface area contributed by atoms with Crippen LogP contribution in [0.4, 0.5) is 0 Å². The first-order valence-electron chi connectivity index (χ1n) is 6.78. The van der Waals surface area contributed by atoms with E-state index in [0.29, 0.717) is 30.0 Å². The highest BCUT2D eigenvalue weighted by Crippen LogP contribution is 2.28. The van der Waals surface area contributed by atoms with Gasteiger partial charge in [-0.15, -0.1) is 0 Å². The summed E-state index contributed by atoms with van der Waals surface area (Å²) in [5.74, 6) is -1.80. The molecule has 5 nitrogen and oxygen atoms in total. The van der Waals surface area contributed by atoms with Crippen molar-refractivity contribution in [1.82, 2.24) is 4.31 Å². The van der Waals surface area contributed by atoms with Gasteiger partial charge in [0.2, 0.25) is 10.0 Å². The fourth-order valence-corrected chi connectivity index (χ4v) is 4.88. The quantitative estimate of drug-likeness (QED) is 0.919. The second kappa shape index (κ2) is 6.34. The zero-order chi connectivity index (χ0) is 15.6. The van der Waals surface area contributed by atoms with Crippen molar-refractivity contribution in [3.8, 4) is 0 Å². The Kier molecular flexibility index (Phi) is 4.91. The van der Waals surface area contributed by atoms with Crippen LogP contribution in [0.1, 0.15) is 25.3 Å². The SMILES string of the molecule is C[C@@H]1[C@H](C(=O)O)CCCN1S(=O)(=O)Cc1ccccc1Cl. The molecule has 0 unspecified atom stereocenters. The molecule has 1 aromatic rings. The average molecular weight is 332 g/mol. The fourth-order valence-electron chi connectivity index (χ4n) is 2.73. The summed E-state index contributed by atoms with van der Waals surface area (Å²) in [5, 5.41) is 9.59. The van der Waals surface area contributed by atoms with Crippen molar-refractivity contribution >= 4 is 27.6 Å². The van der Waals surface area contributed by atoms with E-state index < -0.39 is 28.0 Å². The van der Waals surface area contributed by atoms with Crippen LogP contribution >= 0.6 is 11.6 Å². The van der Waals surface area contributed by atoms with Crippen molar-refractivity contribution in [3.05, 3.63) is 34.9 Å². The number of carboxylic acids is 1. The van der Waals surface area contributed by atoms with Gasteiger partial charge in [0.25, 0.3) is 0 Å². The molecule has 1 N–H and O–H groups in total. The second-order valence-corrected chi connectivity index (χ2v) is 7.61. The Labute approximate surface area is 129 Å². The Morgan fingerprint density at radius 3 is 2.71 bits per heavy atom. The first-order chi connectivity index (χ1) is 9.83. The molecule has 116 valence electrons. The van der Waals surface area contributed by atoms with Gasteiger partial charge >= 0.3 is 5.97 Å². The number of piperidine rings is 1. The molecule has 0 radical (unpaired) electrons. The maximum atomic E-state index is 12.6. The van der Waals surface area contributed by atoms with Crippen LogP contribution in [-0.4, -0.2) is 36.4 Å². The van der Waals surface area contributed by atoms with Gasteiger partial charge in [-0.05, 0) is 31.4 Å². The Bertz CT molecular complexity index is 632. The summed E-state index contributed by atoms with van der Waals surface area (Å²) >= 11 is 6.01. The smallest absolute Gasteiger partial charge is 0.308 e. The van der Waals surface area contributed by atoms with Gasteiger partial charge in [-0.3, -0.25) is 4.79 Å². The molecule has 1 aliphatic rings. The van der Waals surface area contributed by atoms with Gasteiger partial charge in [-0.25, -0.2) is 8.42 Å². The predicted octanol–water partition coefficient (Wildman–Crippen LogP) is 2.35. The number of rotatable bonds is 4. The van der Waals surface area contributed by atoms with E-state index in [1.165, 1.54) is 4.31 Å². The topological polar surface area (TPSA) is 74.7 Å². The summed E-state index contributed by atoms with van der Waals surface area (Å²) in [4.78, 5) is 11.2. The van der Waals surface area contributed by atoms with Crippen LogP contribution in [0.3, 0.4) is 0 Å². The summed E-state index contributed by atoms with van der Waals surface area (Å²) < 4.78 is 26.4. The molecule has 1 aliphatic heterocycles. The number of hydrogen-bond acceptors (Lipinski definition) is 3. The van der Waals surface area contributed by atoms with E-state index in [1.54, 1.807) is 31.2 Å². The third-order valence-corrected chi connectivity index (χ3v) is 6.17. The van der Waals surface area contributed by atoms with Gasteiger partial charge in [0.05, 0.1) is 11.7 Å². The third kappa shape index (κ3) is 3.56. The first-order valence-corrected chi connectivity index (χ1v) is 8.77. The molecule has 21 heavy (non-hydrogen) atoms. The molecule has 7 heteroatoms. The summed E-state index contributed by atoms with van der Waals surface area (Å²) in [7, 11) is -3.59. The van der Waals surface area contributed by atoms with E-state index in [-0.39, 0.29) is 5.75 Å². The van der Waals surface area contributed by atoms with E-state index in [9.17, 15) is 18.3 Å². The van der Waals surface area contributed by atoms with Crippen LogP contribution < -0.4 is 0 Å². The van der Waals surface area contributed by atoms with Crippen molar-refractivity contribution in [2.24, 2.45) is 5.92 Å². The van der Waals surface area contributed by atoms with Crippen LogP contribution in [0.25, 0.3) is 0 Å². The number of aliphatic carboxylic acids is 1. The molecule has 1 aromatic carbocycles. The maximum absolute atomic E-state index is 12.6. The molecular formula is C14H18ClNO4S. The van der Waals surface area contributed by atoms with E-state index in [0.717, 1.165) is 0 Å². The number of nitrogens with zero attached hydrogens (tertiary/aromatic N) is 1. The minimum Gasteiger partial charge on any atom is -0.481 e. The lowest BCUT2D eigenvalue weighted by Gasteiger charge is -2.36. The van der Waals surface area contributed by atoms with Crippen molar-refractivity contribution in [3.63, 3.8) is 0 Å². The Morgan fingerprint density at radius 1 is 1.43 bits per heavy atom. The molecule has 2 rings (SSSR count). The highest BCUT2D eigenvalue weighted by molar-refractivity contribution is 7.88. The first kappa shape index (κ1) is 16.3. The van der Waals surface area contributed by atoms with Gasteiger partial charge in [0.15, 0.2) is 0 Å². The van der Waals surface area contributed by atoms with Gasteiger partial charge in [0, 0.05) is 17.6 Å². The van der Waals surface area contributed by atoms with Gasteiger partial charge < -0.3 is 5.11 Å². The third-order valence-electron chi connectivity index (χ3n) is 3.90. The zero-order valence-corrected chi connectivity index (χ0v) is 13.3. The summed E-state index contributed by atoms with van der Waals surface area (Å²) in [5.41, 5.74) is 0.531. The van der Waals surface area contributed by atoms with E-state index in [2.05, 4.69) is 0 Å². The van der Waals surface area contributed by atoms with Gasteiger partial charge in [-0.2, -0.15) is 4.31 Å². The van der Waals surface area contributed by atoms with Crippen molar-refractivity contribution in [2.75, 3.05) is 6.54 Å². The summed E-state index contributed by atoms with van der Waals surface area (Å²) in [6, 6.07) is 6.25. The van der Waals surface area contributed by atoms with E-state index in [1.807, 2.05) is 0 Å². The number of carbonyl (C=O) groups is 1. The standard InChI is InChI=1S/C14H18ClNO4S/c1-10-12(14(17)18)6-4-8-16(10)21(19,20)9-11-5-2-3-7-13(11)15/h2-3,5,7,10,12H,4,6,8-9H2,1H3,(H,17,18)/t10-,12-/m1/s1. The van der Waals surface area contributed by atoms with Gasteiger partial charge in [-0.1, -0.05) is 29.8 Å². The van der Waals surface area contributed by atoms with Crippen LogP contribution in [0.2, 0.25) is 5.02 Å². The molecule has 1 fully saturated rings. The van der Waals surface area contributed by atoms with E-state index in [4.69, 9.17) is 11.6 Å². The number of hydrogen-bond donors (Lipinski definition) is 1. The maximum Gasteiger partial charge on any atom is 0.308 e. The molecule has 2 atom stereocenters. The van der Waals surface area contributed by atoms with Crippen molar-refractivity contribution < 1.29 is 18.3 Å². The number of carboxylic acid groups (broad SMARTS) is 1. The van der Waals surface area contributed by atoms with Crippen molar-refractivity contribution in [1.29, 1.82) is 0 Å². The highest BCUT2D eigenvalue weighted by Gasteiger charge is 2.38. The van der Waals surface area contributed by atoms with Crippen LogP contribution in [0.15, 0.2) is 24.3 Å². The number of halogens is 1. The lowest BCUT2D eigenvalue weighted by molar-refractivity contribution is -0.144. The van der Waals surface area contributed by atoms with E-state index >= 15 is 0 Å². The average Bonchev–Trinajstić information content (AvgIpc) is 2.41. The molecule has 0 saturated carbocycles. The Morgan fingerprint density at radius 2 is 2.10 bits per heavy atom. The highest BCUT2D eigenvalue weighted by atomic mass is 35.5. The molecule has 0 amide bonds. The van der Waals surface area contributed by atoms with Gasteiger partial charge in [0.1, 0.15) is 0 Å². The molecule has 0 aromatic heterocycles. The minimum absolute atomic E-state index is 0.205. The predicted molar refractivity (Wildman–Crippen MR) is 80.6 cm³/mol. The lowest BCUT2D eigenvalue weighted by Crippen LogP contribution is -2.49. The number of sulfonamides is 1. The minimum atomic E-state index is -3.59. The molecule has 1 saturated heterocycles. The largest absolute Gasteiger partial charge is 0.481 e. The van der Waals surface area contributed by atoms with Crippen LogP contribution in [0, 0.1) is 5.92 Å². The zero-order valence-electron chi connectivity index (χ0n) is 11.7. The Hall–Kier alpha value is -1.11. The Balaban J connectivity index is 2.23. The summed E-state index contributed by atoms with van der Waals surface area (Å²) in [6.45, 7) is 2.01. The summed E-state index contributed by atoms with van der Waals surface area (Å²) in [6.07, 6.45) is 1.07. The van der Waals surface area contributed by atoms with Crippen molar-refractivity contribution in [2.45, 2.75) is 31.6 Å². The molecule has 0 aliphatic carbocycles. The monoisotopic (exact) mass is 331 g/mol. The molecule has 0 bridgehead atoms. The molecule has 0 spiro atoms. The molecule has 1 heterocycles. The second-order valence-electron chi connectivity index (χ2n) is 5.29. The van der Waals surface area contributed by atoms with Crippen LogP contribution in [0.5, 0.6) is 0 Å². The van der Waals surface area contributed by atoms with Crippen LogP contribution in [-0.2, 0) is 20.6 Å². The molecular weight excluding hydrogens is 314 g/mol. The fraction of sp³-hybridized carbons (Fsp3) is 0.500. The normalized spacial score (nSPS) is 23.9.